The first-order chi connectivity index (χ1) is 12.8. The fourth-order valence-electron chi connectivity index (χ4n) is 2.42. The molecule has 1 saturated heterocycles. The van der Waals surface area contributed by atoms with Crippen molar-refractivity contribution in [2.24, 2.45) is 0 Å². The predicted octanol–water partition coefficient (Wildman–Crippen LogP) is 2.74. The molecule has 1 heterocycles. The van der Waals surface area contributed by atoms with Gasteiger partial charge < -0.3 is 23.7 Å². The predicted molar refractivity (Wildman–Crippen MR) is 96.7 cm³/mol. The lowest BCUT2D eigenvalue weighted by molar-refractivity contribution is -0.139. The molecule has 0 bridgehead atoms. The van der Waals surface area contributed by atoms with E-state index in [1.165, 1.54) is 0 Å². The van der Waals surface area contributed by atoms with E-state index in [4.69, 9.17) is 23.7 Å². The zero-order valence-corrected chi connectivity index (χ0v) is 14.5. The van der Waals surface area contributed by atoms with Gasteiger partial charge in [0, 0.05) is 16.8 Å². The first kappa shape index (κ1) is 18.2. The molecule has 2 aromatic carbocycles. The number of epoxide rings is 1. The fraction of sp³-hybridized carbons (Fsp3) is 0.350. The summed E-state index contributed by atoms with van der Waals surface area (Å²) in [6.07, 6.45) is 1.34. The van der Waals surface area contributed by atoms with Gasteiger partial charge in [-0.3, -0.25) is 0 Å². The molecule has 0 N–H and O–H groups in total. The third-order valence-corrected chi connectivity index (χ3v) is 3.79. The van der Waals surface area contributed by atoms with Gasteiger partial charge in [-0.2, -0.15) is 0 Å². The van der Waals surface area contributed by atoms with Crippen LogP contribution in [0.5, 0.6) is 11.5 Å². The molecule has 1 unspecified atom stereocenters. The van der Waals surface area contributed by atoms with E-state index in [-0.39, 0.29) is 12.7 Å². The molecule has 6 heteroatoms. The zero-order valence-electron chi connectivity index (χ0n) is 14.5. The van der Waals surface area contributed by atoms with Crippen LogP contribution < -0.4 is 9.47 Å². The van der Waals surface area contributed by atoms with Crippen LogP contribution in [0.2, 0.25) is 0 Å². The van der Waals surface area contributed by atoms with Crippen molar-refractivity contribution in [3.05, 3.63) is 49.1 Å². The molecule has 138 valence electrons. The Labute approximate surface area is 152 Å². The minimum Gasteiger partial charge on any atom is -0.491 e. The first-order valence-corrected chi connectivity index (χ1v) is 8.54. The maximum absolute atomic E-state index is 10.9. The number of ether oxygens (including phenoxy) is 5. The second kappa shape index (κ2) is 9.22. The van der Waals surface area contributed by atoms with Gasteiger partial charge in [0.05, 0.1) is 19.8 Å². The molecule has 6 nitrogen and oxygen atoms in total. The molecule has 1 aliphatic rings. The van der Waals surface area contributed by atoms with Gasteiger partial charge in [-0.15, -0.1) is 0 Å². The Kier molecular flexibility index (Phi) is 6.46. The number of rotatable bonds is 11. The van der Waals surface area contributed by atoms with E-state index in [1.807, 2.05) is 36.4 Å². The molecule has 1 atom stereocenters. The van der Waals surface area contributed by atoms with Crippen LogP contribution in [0.25, 0.3) is 10.8 Å². The summed E-state index contributed by atoms with van der Waals surface area (Å²) in [5.41, 5.74) is 0. The summed E-state index contributed by atoms with van der Waals surface area (Å²) in [4.78, 5) is 10.9. The largest absolute Gasteiger partial charge is 0.491 e. The highest BCUT2D eigenvalue weighted by molar-refractivity contribution is 5.93. The Bertz CT molecular complexity index is 753. The molecule has 26 heavy (non-hydrogen) atoms. The molecule has 0 aromatic heterocycles. The third-order valence-electron chi connectivity index (χ3n) is 3.79. The number of carbonyl (C=O) groups excluding carboxylic acids is 1. The topological polar surface area (TPSA) is 66.5 Å². The van der Waals surface area contributed by atoms with Crippen LogP contribution in [0.3, 0.4) is 0 Å². The lowest BCUT2D eigenvalue weighted by Gasteiger charge is -2.12. The van der Waals surface area contributed by atoms with Crippen LogP contribution >= 0.6 is 0 Å². The second-order valence-corrected chi connectivity index (χ2v) is 5.71. The number of fused-ring (bicyclic) bond motifs is 1. The Hall–Kier alpha value is -2.57. The molecule has 0 saturated carbocycles. The van der Waals surface area contributed by atoms with Crippen molar-refractivity contribution in [3.63, 3.8) is 0 Å². The van der Waals surface area contributed by atoms with Crippen LogP contribution in [0.15, 0.2) is 49.1 Å². The Morgan fingerprint density at radius 2 is 1.69 bits per heavy atom. The molecular weight excluding hydrogens is 336 g/mol. The van der Waals surface area contributed by atoms with Crippen molar-refractivity contribution in [1.29, 1.82) is 0 Å². The van der Waals surface area contributed by atoms with Crippen molar-refractivity contribution in [2.75, 3.05) is 39.6 Å². The van der Waals surface area contributed by atoms with Crippen molar-refractivity contribution >= 4 is 16.7 Å². The Balaban J connectivity index is 1.49. The summed E-state index contributed by atoms with van der Waals surface area (Å²) >= 11 is 0. The van der Waals surface area contributed by atoms with E-state index in [0.29, 0.717) is 26.4 Å². The summed E-state index contributed by atoms with van der Waals surface area (Å²) in [5, 5.41) is 1.99. The summed E-state index contributed by atoms with van der Waals surface area (Å²) in [6, 6.07) is 11.8. The van der Waals surface area contributed by atoms with Gasteiger partial charge in [0.2, 0.25) is 0 Å². The highest BCUT2D eigenvalue weighted by Crippen LogP contribution is 2.32. The van der Waals surface area contributed by atoms with E-state index in [1.54, 1.807) is 0 Å². The quantitative estimate of drug-likeness (QED) is 0.266. The number of carbonyl (C=O) groups is 1. The number of hydrogen-bond donors (Lipinski definition) is 0. The second-order valence-electron chi connectivity index (χ2n) is 5.71. The van der Waals surface area contributed by atoms with Gasteiger partial charge >= 0.3 is 5.97 Å². The highest BCUT2D eigenvalue weighted by atomic mass is 16.6. The van der Waals surface area contributed by atoms with Crippen molar-refractivity contribution in [3.8, 4) is 11.5 Å². The SMILES string of the molecule is C=CC(=O)OCCOCCOc1cccc2c(OCC3CO3)cccc12. The maximum Gasteiger partial charge on any atom is 0.330 e. The van der Waals surface area contributed by atoms with Gasteiger partial charge in [0.15, 0.2) is 0 Å². The van der Waals surface area contributed by atoms with Crippen molar-refractivity contribution < 1.29 is 28.5 Å². The molecule has 0 spiro atoms. The van der Waals surface area contributed by atoms with Crippen molar-refractivity contribution in [2.45, 2.75) is 6.10 Å². The van der Waals surface area contributed by atoms with Crippen LogP contribution in [-0.2, 0) is 19.0 Å². The molecule has 3 rings (SSSR count). The molecule has 2 aromatic rings. The van der Waals surface area contributed by atoms with Crippen molar-refractivity contribution in [1.82, 2.24) is 0 Å². The summed E-state index contributed by atoms with van der Waals surface area (Å²) in [6.45, 7) is 5.98. The zero-order chi connectivity index (χ0) is 18.2. The van der Waals surface area contributed by atoms with E-state index >= 15 is 0 Å². The van der Waals surface area contributed by atoms with Crippen LogP contribution in [-0.4, -0.2) is 51.7 Å². The molecule has 1 aliphatic heterocycles. The smallest absolute Gasteiger partial charge is 0.330 e. The monoisotopic (exact) mass is 358 g/mol. The van der Waals surface area contributed by atoms with Crippen LogP contribution in [0.4, 0.5) is 0 Å². The number of hydrogen-bond acceptors (Lipinski definition) is 6. The molecular formula is C20H22O6. The Morgan fingerprint density at radius 3 is 2.35 bits per heavy atom. The van der Waals surface area contributed by atoms with Gasteiger partial charge in [-0.25, -0.2) is 4.79 Å². The summed E-state index contributed by atoms with van der Waals surface area (Å²) in [5.74, 6) is 1.15. The summed E-state index contributed by atoms with van der Waals surface area (Å²) < 4.78 is 27.1. The standard InChI is InChI=1S/C20H22O6/c1-2-20(21)24-12-10-22-9-11-23-18-7-3-6-17-16(18)5-4-8-19(17)26-14-15-13-25-15/h2-8,15H,1,9-14H2. The molecule has 0 radical (unpaired) electrons. The summed E-state index contributed by atoms with van der Waals surface area (Å²) in [7, 11) is 0. The molecule has 0 aliphatic carbocycles. The van der Waals surface area contributed by atoms with Gasteiger partial charge in [-0.05, 0) is 12.1 Å². The van der Waals surface area contributed by atoms with Crippen LogP contribution in [0.1, 0.15) is 0 Å². The molecule has 0 amide bonds. The average molecular weight is 358 g/mol. The minimum absolute atomic E-state index is 0.199. The van der Waals surface area contributed by atoms with Crippen LogP contribution in [0, 0.1) is 0 Å². The lowest BCUT2D eigenvalue weighted by atomic mass is 10.1. The van der Waals surface area contributed by atoms with E-state index < -0.39 is 5.97 Å². The minimum atomic E-state index is -0.452. The Morgan fingerprint density at radius 1 is 1.04 bits per heavy atom. The normalized spacial score (nSPS) is 15.5. The third kappa shape index (κ3) is 5.21. The maximum atomic E-state index is 10.9. The highest BCUT2D eigenvalue weighted by Gasteiger charge is 2.23. The first-order valence-electron chi connectivity index (χ1n) is 8.54. The fourth-order valence-corrected chi connectivity index (χ4v) is 2.42. The van der Waals surface area contributed by atoms with Gasteiger partial charge in [0.1, 0.15) is 37.4 Å². The lowest BCUT2D eigenvalue weighted by Crippen LogP contribution is -2.12. The van der Waals surface area contributed by atoms with E-state index in [9.17, 15) is 4.79 Å². The van der Waals surface area contributed by atoms with Gasteiger partial charge in [-0.1, -0.05) is 30.8 Å². The average Bonchev–Trinajstić information content (AvgIpc) is 3.50. The van der Waals surface area contributed by atoms with E-state index in [0.717, 1.165) is 35.0 Å². The molecule has 1 fully saturated rings. The number of esters is 1. The number of benzene rings is 2. The van der Waals surface area contributed by atoms with Gasteiger partial charge in [0.25, 0.3) is 0 Å². The van der Waals surface area contributed by atoms with E-state index in [2.05, 4.69) is 6.58 Å².